The van der Waals surface area contributed by atoms with Crippen molar-refractivity contribution in [3.05, 3.63) is 47.3 Å². The van der Waals surface area contributed by atoms with Gasteiger partial charge in [-0.1, -0.05) is 12.1 Å². The Morgan fingerprint density at radius 2 is 1.88 bits per heavy atom. The molecule has 1 fully saturated rings. The van der Waals surface area contributed by atoms with Crippen molar-refractivity contribution in [3.63, 3.8) is 0 Å². The Balaban J connectivity index is 1.38. The Morgan fingerprint density at radius 1 is 1.08 bits per heavy atom. The zero-order valence-electron chi connectivity index (χ0n) is 15.4. The summed E-state index contributed by atoms with van der Waals surface area (Å²) in [5, 5.41) is 8.32. The monoisotopic (exact) mass is 338 g/mol. The summed E-state index contributed by atoms with van der Waals surface area (Å²) >= 11 is 0. The van der Waals surface area contributed by atoms with Crippen LogP contribution in [-0.2, 0) is 19.5 Å². The normalized spacial score (nSPS) is 20.5. The molecule has 1 aliphatic heterocycles. The first kappa shape index (κ1) is 16.6. The molecule has 0 spiro atoms. The second-order valence-corrected chi connectivity index (χ2v) is 7.40. The van der Waals surface area contributed by atoms with Gasteiger partial charge in [0.05, 0.1) is 6.20 Å². The molecule has 2 heterocycles. The van der Waals surface area contributed by atoms with Gasteiger partial charge in [0.1, 0.15) is 0 Å². The van der Waals surface area contributed by atoms with Crippen LogP contribution in [0.4, 0.5) is 5.69 Å². The Kier molecular flexibility index (Phi) is 5.07. The minimum atomic E-state index is 0.450. The third-order valence-electron chi connectivity index (χ3n) is 5.77. The smallest absolute Gasteiger partial charge is 0.0540 e. The van der Waals surface area contributed by atoms with Crippen molar-refractivity contribution in [2.75, 3.05) is 18.0 Å². The van der Waals surface area contributed by atoms with Gasteiger partial charge in [0.2, 0.25) is 0 Å². The number of aryl methyl sites for hydroxylation is 1. The van der Waals surface area contributed by atoms with Gasteiger partial charge in [-0.25, -0.2) is 0 Å². The average Bonchev–Trinajstić information content (AvgIpc) is 3.11. The molecule has 4 rings (SSSR count). The predicted molar refractivity (Wildman–Crippen MR) is 103 cm³/mol. The summed E-state index contributed by atoms with van der Waals surface area (Å²) in [6, 6.07) is 9.62. The first-order valence-corrected chi connectivity index (χ1v) is 9.97. The van der Waals surface area contributed by atoms with E-state index >= 15 is 0 Å². The molecule has 2 aliphatic rings. The lowest BCUT2D eigenvalue weighted by atomic mass is 9.93. The molecule has 25 heavy (non-hydrogen) atoms. The van der Waals surface area contributed by atoms with E-state index in [1.807, 2.05) is 0 Å². The topological polar surface area (TPSA) is 33.1 Å². The number of hydrogen-bond acceptors (Lipinski definition) is 3. The number of anilines is 1. The van der Waals surface area contributed by atoms with Gasteiger partial charge in [0.15, 0.2) is 0 Å². The van der Waals surface area contributed by atoms with Crippen LogP contribution in [0.15, 0.2) is 30.5 Å². The van der Waals surface area contributed by atoms with Crippen molar-refractivity contribution in [2.45, 2.75) is 64.6 Å². The maximum absolute atomic E-state index is 4.56. The Bertz CT molecular complexity index is 682. The van der Waals surface area contributed by atoms with Gasteiger partial charge in [0, 0.05) is 49.2 Å². The zero-order valence-corrected chi connectivity index (χ0v) is 15.4. The maximum atomic E-state index is 4.56. The molecular formula is C21H30N4. The fraction of sp³-hybridized carbons (Fsp3) is 0.571. The van der Waals surface area contributed by atoms with Crippen LogP contribution in [0.25, 0.3) is 0 Å². The number of benzene rings is 1. The van der Waals surface area contributed by atoms with Gasteiger partial charge in [-0.15, -0.1) is 0 Å². The number of rotatable bonds is 5. The lowest BCUT2D eigenvalue weighted by molar-refractivity contribution is 0.448. The van der Waals surface area contributed by atoms with Crippen LogP contribution in [0, 0.1) is 0 Å². The Labute approximate surface area is 151 Å². The predicted octanol–water partition coefficient (Wildman–Crippen LogP) is 4.06. The molecule has 4 heteroatoms. The van der Waals surface area contributed by atoms with Crippen molar-refractivity contribution in [2.24, 2.45) is 0 Å². The van der Waals surface area contributed by atoms with Gasteiger partial charge in [0.25, 0.3) is 0 Å². The fourth-order valence-corrected chi connectivity index (χ4v) is 4.32. The van der Waals surface area contributed by atoms with E-state index < -0.39 is 0 Å². The molecule has 1 aromatic carbocycles. The van der Waals surface area contributed by atoms with Crippen molar-refractivity contribution < 1.29 is 0 Å². The van der Waals surface area contributed by atoms with E-state index in [2.05, 4.69) is 57.4 Å². The molecule has 2 aromatic rings. The van der Waals surface area contributed by atoms with E-state index in [9.17, 15) is 0 Å². The van der Waals surface area contributed by atoms with Crippen LogP contribution in [0.1, 0.15) is 61.9 Å². The first-order chi connectivity index (χ1) is 12.3. The highest BCUT2D eigenvalue weighted by atomic mass is 15.3. The van der Waals surface area contributed by atoms with Crippen LogP contribution < -0.4 is 10.2 Å². The molecule has 0 radical (unpaired) electrons. The molecule has 0 amide bonds. The molecule has 1 aliphatic carbocycles. The van der Waals surface area contributed by atoms with Crippen molar-refractivity contribution in [1.29, 1.82) is 0 Å². The summed E-state index contributed by atoms with van der Waals surface area (Å²) in [4.78, 5) is 2.52. The second-order valence-electron chi connectivity index (χ2n) is 7.40. The first-order valence-electron chi connectivity index (χ1n) is 9.97. The molecular weight excluding hydrogens is 308 g/mol. The summed E-state index contributed by atoms with van der Waals surface area (Å²) < 4.78 is 2.16. The van der Waals surface area contributed by atoms with Crippen molar-refractivity contribution in [3.8, 4) is 0 Å². The Morgan fingerprint density at radius 3 is 2.64 bits per heavy atom. The van der Waals surface area contributed by atoms with E-state index in [1.165, 1.54) is 74.1 Å². The van der Waals surface area contributed by atoms with Gasteiger partial charge in [-0.3, -0.25) is 4.68 Å². The van der Waals surface area contributed by atoms with E-state index in [0.29, 0.717) is 6.04 Å². The fourth-order valence-electron chi connectivity index (χ4n) is 4.32. The van der Waals surface area contributed by atoms with E-state index in [4.69, 9.17) is 0 Å². The lowest BCUT2D eigenvalue weighted by Crippen LogP contribution is -2.29. The average molecular weight is 338 g/mol. The van der Waals surface area contributed by atoms with Gasteiger partial charge in [-0.2, -0.15) is 5.10 Å². The number of fused-ring (bicyclic) bond motifs is 1. The summed E-state index contributed by atoms with van der Waals surface area (Å²) in [6.45, 7) is 6.50. The summed E-state index contributed by atoms with van der Waals surface area (Å²) in [6.07, 6.45) is 9.77. The van der Waals surface area contributed by atoms with Crippen LogP contribution in [-0.4, -0.2) is 22.9 Å². The number of hydrogen-bond donors (Lipinski definition) is 1. The highest BCUT2D eigenvalue weighted by Crippen LogP contribution is 2.30. The molecule has 134 valence electrons. The van der Waals surface area contributed by atoms with Gasteiger partial charge >= 0.3 is 0 Å². The molecule has 1 N–H and O–H groups in total. The number of piperidine rings is 1. The van der Waals surface area contributed by atoms with E-state index in [-0.39, 0.29) is 0 Å². The molecule has 4 nitrogen and oxygen atoms in total. The van der Waals surface area contributed by atoms with Gasteiger partial charge in [-0.05, 0) is 63.1 Å². The van der Waals surface area contributed by atoms with Crippen molar-refractivity contribution in [1.82, 2.24) is 15.1 Å². The minimum absolute atomic E-state index is 0.450. The van der Waals surface area contributed by atoms with Crippen molar-refractivity contribution >= 4 is 5.69 Å². The van der Waals surface area contributed by atoms with E-state index in [0.717, 1.165) is 13.1 Å². The summed E-state index contributed by atoms with van der Waals surface area (Å²) in [5.74, 6) is 0. The van der Waals surface area contributed by atoms with Crippen LogP contribution >= 0.6 is 0 Å². The quantitative estimate of drug-likeness (QED) is 0.892. The summed E-state index contributed by atoms with van der Waals surface area (Å²) in [5.41, 5.74) is 5.60. The standard InChI is InChI=1S/C21H30N4/c1-2-25-21-8-6-7-20(19(21)16-23-25)22-15-17-9-11-18(12-10-17)24-13-4-3-5-14-24/h9-12,16,20,22H,2-8,13-15H2,1H3/t20-/m0/s1. The number of nitrogens with one attached hydrogen (secondary N) is 1. The molecule has 1 atom stereocenters. The van der Waals surface area contributed by atoms with Crippen LogP contribution in [0.5, 0.6) is 0 Å². The van der Waals surface area contributed by atoms with Gasteiger partial charge < -0.3 is 10.2 Å². The lowest BCUT2D eigenvalue weighted by Gasteiger charge is -2.29. The highest BCUT2D eigenvalue weighted by molar-refractivity contribution is 5.47. The molecule has 0 bridgehead atoms. The third kappa shape index (κ3) is 3.59. The van der Waals surface area contributed by atoms with E-state index in [1.54, 1.807) is 0 Å². The molecule has 0 saturated carbocycles. The number of aromatic nitrogens is 2. The second kappa shape index (κ2) is 7.61. The molecule has 1 aromatic heterocycles. The molecule has 0 unspecified atom stereocenters. The van der Waals surface area contributed by atoms with Crippen LogP contribution in [0.2, 0.25) is 0 Å². The molecule has 1 saturated heterocycles. The highest BCUT2D eigenvalue weighted by Gasteiger charge is 2.23. The maximum Gasteiger partial charge on any atom is 0.0540 e. The third-order valence-corrected chi connectivity index (χ3v) is 5.77. The minimum Gasteiger partial charge on any atom is -0.372 e. The summed E-state index contributed by atoms with van der Waals surface area (Å²) in [7, 11) is 0. The largest absolute Gasteiger partial charge is 0.372 e. The SMILES string of the molecule is CCn1ncc2c1CCC[C@@H]2NCc1ccc(N2CCCCC2)cc1. The number of nitrogens with zero attached hydrogens (tertiary/aromatic N) is 3. The zero-order chi connectivity index (χ0) is 17.1. The van der Waals surface area contributed by atoms with Crippen LogP contribution in [0.3, 0.4) is 0 Å². The Hall–Kier alpha value is -1.81.